The largest absolute Gasteiger partial charge is 0.480 e. The standard InChI is InChI=1S/C7H11N3O6/c8-4(11)1-9-7(16)10(2-5(12)13)3-6(14)15/h1-3H2,(H2,8,11)(H,9,16)(H,12,13)(H,14,15). The molecule has 3 amide bonds. The van der Waals surface area contributed by atoms with Crippen LogP contribution in [0.1, 0.15) is 0 Å². The lowest BCUT2D eigenvalue weighted by Crippen LogP contribution is -2.47. The highest BCUT2D eigenvalue weighted by atomic mass is 16.4. The maximum absolute atomic E-state index is 11.2. The molecule has 0 rings (SSSR count). The van der Waals surface area contributed by atoms with E-state index >= 15 is 0 Å². The molecular formula is C7H11N3O6. The molecule has 0 aliphatic rings. The number of carboxylic acid groups (broad SMARTS) is 2. The van der Waals surface area contributed by atoms with Crippen molar-refractivity contribution in [3.63, 3.8) is 0 Å². The van der Waals surface area contributed by atoms with E-state index in [9.17, 15) is 19.2 Å². The smallest absolute Gasteiger partial charge is 0.323 e. The van der Waals surface area contributed by atoms with Gasteiger partial charge in [-0.1, -0.05) is 0 Å². The van der Waals surface area contributed by atoms with Crippen molar-refractivity contribution >= 4 is 23.9 Å². The van der Waals surface area contributed by atoms with E-state index in [1.807, 2.05) is 5.32 Å². The maximum atomic E-state index is 11.2. The summed E-state index contributed by atoms with van der Waals surface area (Å²) in [4.78, 5) is 42.7. The van der Waals surface area contributed by atoms with Crippen molar-refractivity contribution in [2.75, 3.05) is 19.6 Å². The van der Waals surface area contributed by atoms with Crippen molar-refractivity contribution in [2.45, 2.75) is 0 Å². The third kappa shape index (κ3) is 6.18. The van der Waals surface area contributed by atoms with Crippen molar-refractivity contribution in [1.82, 2.24) is 10.2 Å². The lowest BCUT2D eigenvalue weighted by molar-refractivity contribution is -0.140. The number of hydrogen-bond acceptors (Lipinski definition) is 4. The second kappa shape index (κ2) is 6.22. The average Bonchev–Trinajstić information content (AvgIpc) is 2.11. The predicted octanol–water partition coefficient (Wildman–Crippen LogP) is -2.35. The lowest BCUT2D eigenvalue weighted by Gasteiger charge is -2.18. The fourth-order valence-electron chi connectivity index (χ4n) is 0.801. The molecule has 5 N–H and O–H groups in total. The summed E-state index contributed by atoms with van der Waals surface area (Å²) in [5, 5.41) is 18.8. The van der Waals surface area contributed by atoms with Crippen LogP contribution in [0.3, 0.4) is 0 Å². The van der Waals surface area contributed by atoms with Crippen LogP contribution < -0.4 is 11.1 Å². The summed E-state index contributed by atoms with van der Waals surface area (Å²) in [5.41, 5.74) is 4.74. The molecule has 0 saturated heterocycles. The van der Waals surface area contributed by atoms with Gasteiger partial charge in [0.1, 0.15) is 13.1 Å². The van der Waals surface area contributed by atoms with Gasteiger partial charge in [-0.2, -0.15) is 0 Å². The number of carbonyl (C=O) groups excluding carboxylic acids is 2. The SMILES string of the molecule is NC(=O)CNC(=O)N(CC(=O)O)CC(=O)O. The van der Waals surface area contributed by atoms with Crippen LogP contribution in [0, 0.1) is 0 Å². The number of urea groups is 1. The number of carboxylic acids is 2. The second-order valence-corrected chi connectivity index (χ2v) is 2.77. The van der Waals surface area contributed by atoms with E-state index in [0.29, 0.717) is 4.90 Å². The molecule has 0 spiro atoms. The molecule has 0 unspecified atom stereocenters. The first-order valence-corrected chi connectivity index (χ1v) is 4.07. The summed E-state index contributed by atoms with van der Waals surface area (Å²) in [6.07, 6.45) is 0. The molecule has 90 valence electrons. The normalized spacial score (nSPS) is 9.25. The number of nitrogens with zero attached hydrogens (tertiary/aromatic N) is 1. The number of primary amides is 1. The van der Waals surface area contributed by atoms with Crippen LogP contribution in [0.5, 0.6) is 0 Å². The predicted molar refractivity (Wildman–Crippen MR) is 49.4 cm³/mol. The second-order valence-electron chi connectivity index (χ2n) is 2.77. The Balaban J connectivity index is 4.36. The summed E-state index contributed by atoms with van der Waals surface area (Å²) in [6, 6.07) is -0.983. The third-order valence-electron chi connectivity index (χ3n) is 1.35. The molecule has 0 radical (unpaired) electrons. The molecule has 0 saturated carbocycles. The summed E-state index contributed by atoms with van der Waals surface area (Å²) < 4.78 is 0. The lowest BCUT2D eigenvalue weighted by atomic mass is 10.5. The molecule has 0 aromatic rings. The van der Waals surface area contributed by atoms with E-state index in [1.54, 1.807) is 0 Å². The fraction of sp³-hybridized carbons (Fsp3) is 0.429. The highest BCUT2D eigenvalue weighted by Crippen LogP contribution is 1.89. The molecule has 0 aromatic heterocycles. The van der Waals surface area contributed by atoms with Gasteiger partial charge in [-0.05, 0) is 0 Å². The summed E-state index contributed by atoms with van der Waals surface area (Å²) in [5.74, 6) is -3.55. The van der Waals surface area contributed by atoms with Crippen molar-refractivity contribution in [2.24, 2.45) is 5.73 Å². The Morgan fingerprint density at radius 2 is 1.50 bits per heavy atom. The van der Waals surface area contributed by atoms with Crippen LogP contribution in [0.2, 0.25) is 0 Å². The van der Waals surface area contributed by atoms with Gasteiger partial charge in [0.25, 0.3) is 0 Å². The van der Waals surface area contributed by atoms with Gasteiger partial charge in [0.2, 0.25) is 5.91 Å². The van der Waals surface area contributed by atoms with Crippen LogP contribution in [0.15, 0.2) is 0 Å². The molecule has 0 heterocycles. The van der Waals surface area contributed by atoms with Gasteiger partial charge in [0, 0.05) is 0 Å². The quantitative estimate of drug-likeness (QED) is 0.403. The van der Waals surface area contributed by atoms with Crippen molar-refractivity contribution in [1.29, 1.82) is 0 Å². The van der Waals surface area contributed by atoms with Crippen LogP contribution in [-0.4, -0.2) is 58.6 Å². The molecule has 0 atom stereocenters. The van der Waals surface area contributed by atoms with Crippen LogP contribution in [0.4, 0.5) is 4.79 Å². The topological polar surface area (TPSA) is 150 Å². The minimum Gasteiger partial charge on any atom is -0.480 e. The zero-order valence-corrected chi connectivity index (χ0v) is 8.17. The molecule has 16 heavy (non-hydrogen) atoms. The fourth-order valence-corrected chi connectivity index (χ4v) is 0.801. The average molecular weight is 233 g/mol. The first-order chi connectivity index (χ1) is 7.32. The highest BCUT2D eigenvalue weighted by Gasteiger charge is 2.19. The number of nitrogens with two attached hydrogens (primary N) is 1. The van der Waals surface area contributed by atoms with E-state index in [0.717, 1.165) is 0 Å². The molecule has 0 aromatic carbocycles. The molecule has 0 bridgehead atoms. The van der Waals surface area contributed by atoms with Crippen molar-refractivity contribution in [3.05, 3.63) is 0 Å². The molecule has 0 fully saturated rings. The van der Waals surface area contributed by atoms with E-state index < -0.39 is 43.5 Å². The summed E-state index contributed by atoms with van der Waals surface area (Å²) in [6.45, 7) is -2.05. The van der Waals surface area contributed by atoms with Gasteiger partial charge >= 0.3 is 18.0 Å². The Bertz CT molecular complexity index is 299. The number of hydrogen-bond donors (Lipinski definition) is 4. The Morgan fingerprint density at radius 3 is 1.81 bits per heavy atom. The number of rotatable bonds is 6. The zero-order chi connectivity index (χ0) is 12.7. The summed E-state index contributed by atoms with van der Waals surface area (Å²) in [7, 11) is 0. The van der Waals surface area contributed by atoms with E-state index in [2.05, 4.69) is 0 Å². The summed E-state index contributed by atoms with van der Waals surface area (Å²) >= 11 is 0. The maximum Gasteiger partial charge on any atom is 0.323 e. The minimum absolute atomic E-state index is 0.491. The van der Waals surface area contributed by atoms with Gasteiger partial charge in [-0.3, -0.25) is 14.4 Å². The molecule has 0 aliphatic heterocycles. The molecule has 0 aliphatic carbocycles. The van der Waals surface area contributed by atoms with E-state index in [4.69, 9.17) is 15.9 Å². The number of aliphatic carboxylic acids is 2. The Morgan fingerprint density at radius 1 is 1.06 bits per heavy atom. The van der Waals surface area contributed by atoms with Gasteiger partial charge < -0.3 is 26.2 Å². The van der Waals surface area contributed by atoms with Crippen LogP contribution in [-0.2, 0) is 14.4 Å². The molecule has 9 heteroatoms. The monoisotopic (exact) mass is 233 g/mol. The van der Waals surface area contributed by atoms with Gasteiger partial charge in [0.05, 0.1) is 6.54 Å². The van der Waals surface area contributed by atoms with Crippen molar-refractivity contribution < 1.29 is 29.4 Å². The minimum atomic E-state index is -1.37. The highest BCUT2D eigenvalue weighted by molar-refractivity contribution is 5.87. The van der Waals surface area contributed by atoms with Crippen molar-refractivity contribution in [3.8, 4) is 0 Å². The van der Waals surface area contributed by atoms with E-state index in [1.165, 1.54) is 0 Å². The Hall–Kier alpha value is -2.32. The first-order valence-electron chi connectivity index (χ1n) is 4.07. The Labute approximate surface area is 89.8 Å². The first kappa shape index (κ1) is 13.7. The van der Waals surface area contributed by atoms with Gasteiger partial charge in [0.15, 0.2) is 0 Å². The number of amides is 3. The van der Waals surface area contributed by atoms with Crippen LogP contribution >= 0.6 is 0 Å². The third-order valence-corrected chi connectivity index (χ3v) is 1.35. The van der Waals surface area contributed by atoms with E-state index in [-0.39, 0.29) is 0 Å². The Kier molecular flexibility index (Phi) is 5.32. The zero-order valence-electron chi connectivity index (χ0n) is 8.17. The van der Waals surface area contributed by atoms with Gasteiger partial charge in [-0.15, -0.1) is 0 Å². The number of carbonyl (C=O) groups is 4. The number of nitrogens with one attached hydrogen (secondary N) is 1. The molecular weight excluding hydrogens is 222 g/mol. The van der Waals surface area contributed by atoms with Crippen LogP contribution in [0.25, 0.3) is 0 Å². The van der Waals surface area contributed by atoms with Gasteiger partial charge in [-0.25, -0.2) is 4.79 Å². The molecule has 9 nitrogen and oxygen atoms in total.